The van der Waals surface area contributed by atoms with Gasteiger partial charge >= 0.3 is 0 Å². The van der Waals surface area contributed by atoms with Crippen LogP contribution < -0.4 is 10.2 Å². The molecule has 110 valence electrons. The lowest BCUT2D eigenvalue weighted by Crippen LogP contribution is -2.25. The number of nitrogens with one attached hydrogen (secondary N) is 1. The molecule has 0 saturated heterocycles. The summed E-state index contributed by atoms with van der Waals surface area (Å²) in [6, 6.07) is 10.3. The van der Waals surface area contributed by atoms with Crippen molar-refractivity contribution in [3.05, 3.63) is 42.5 Å². The minimum atomic E-state index is 0.484. The van der Waals surface area contributed by atoms with E-state index >= 15 is 0 Å². The molecule has 1 N–H and O–H groups in total. The highest BCUT2D eigenvalue weighted by molar-refractivity contribution is 5.50. The van der Waals surface area contributed by atoms with Gasteiger partial charge < -0.3 is 10.2 Å². The van der Waals surface area contributed by atoms with Gasteiger partial charge in [-0.3, -0.25) is 0 Å². The Labute approximate surface area is 123 Å². The first-order valence-electron chi connectivity index (χ1n) is 8.01. The predicted molar refractivity (Wildman–Crippen MR) is 88.3 cm³/mol. The zero-order valence-electron chi connectivity index (χ0n) is 12.9. The van der Waals surface area contributed by atoms with Crippen LogP contribution in [0.2, 0.25) is 0 Å². The van der Waals surface area contributed by atoms with Crippen LogP contribution in [-0.4, -0.2) is 19.1 Å². The fourth-order valence-electron chi connectivity index (χ4n) is 2.71. The van der Waals surface area contributed by atoms with E-state index in [1.54, 1.807) is 0 Å². The van der Waals surface area contributed by atoms with Gasteiger partial charge in [-0.05, 0) is 49.9 Å². The lowest BCUT2D eigenvalue weighted by atomic mass is 10.0. The summed E-state index contributed by atoms with van der Waals surface area (Å²) in [5.41, 5.74) is 2.74. The second-order valence-electron chi connectivity index (χ2n) is 5.68. The Balaban J connectivity index is 2.05. The van der Waals surface area contributed by atoms with Crippen LogP contribution in [0.25, 0.3) is 0 Å². The van der Waals surface area contributed by atoms with Gasteiger partial charge in [-0.1, -0.05) is 32.1 Å². The molecular formula is C18H28N2. The molecule has 1 aromatic rings. The molecule has 0 aromatic heterocycles. The highest BCUT2D eigenvalue weighted by atomic mass is 15.2. The first kappa shape index (κ1) is 15.1. The summed E-state index contributed by atoms with van der Waals surface area (Å²) in [5, 5.41) is 3.61. The van der Waals surface area contributed by atoms with Crippen LogP contribution in [0.15, 0.2) is 36.9 Å². The molecule has 2 heteroatoms. The zero-order valence-corrected chi connectivity index (χ0v) is 12.9. The highest BCUT2D eigenvalue weighted by Crippen LogP contribution is 2.32. The van der Waals surface area contributed by atoms with E-state index in [2.05, 4.69) is 54.9 Å². The van der Waals surface area contributed by atoms with Gasteiger partial charge in [0.2, 0.25) is 0 Å². The van der Waals surface area contributed by atoms with E-state index in [1.807, 2.05) is 6.08 Å². The van der Waals surface area contributed by atoms with Gasteiger partial charge in [0, 0.05) is 24.3 Å². The summed E-state index contributed by atoms with van der Waals surface area (Å²) >= 11 is 0. The standard InChI is InChI=1S/C18H28N2/c1-4-13-19-18(6-3)15-7-9-16(10-8-15)20(14-5-2)17-11-12-17/h5,7-10,17-19H,2,4,6,11-14H2,1,3H3. The number of rotatable bonds is 9. The Bertz CT molecular complexity index is 406. The monoisotopic (exact) mass is 272 g/mol. The molecule has 1 saturated carbocycles. The molecule has 1 aliphatic carbocycles. The van der Waals surface area contributed by atoms with Crippen LogP contribution >= 0.6 is 0 Å². The maximum Gasteiger partial charge on any atom is 0.0371 e. The van der Waals surface area contributed by atoms with E-state index in [-0.39, 0.29) is 0 Å². The van der Waals surface area contributed by atoms with E-state index in [0.29, 0.717) is 6.04 Å². The van der Waals surface area contributed by atoms with Gasteiger partial charge in [-0.2, -0.15) is 0 Å². The Morgan fingerprint density at radius 1 is 1.30 bits per heavy atom. The maximum atomic E-state index is 3.88. The normalized spacial score (nSPS) is 15.9. The minimum Gasteiger partial charge on any atom is -0.365 e. The van der Waals surface area contributed by atoms with E-state index < -0.39 is 0 Å². The molecule has 2 rings (SSSR count). The smallest absolute Gasteiger partial charge is 0.0371 e. The van der Waals surface area contributed by atoms with Gasteiger partial charge in [0.25, 0.3) is 0 Å². The second kappa shape index (κ2) is 7.49. The molecule has 0 heterocycles. The highest BCUT2D eigenvalue weighted by Gasteiger charge is 2.28. The van der Waals surface area contributed by atoms with Crippen molar-refractivity contribution in [3.8, 4) is 0 Å². The van der Waals surface area contributed by atoms with E-state index in [0.717, 1.165) is 25.6 Å². The summed E-state index contributed by atoms with van der Waals surface area (Å²) in [5.74, 6) is 0. The molecule has 1 atom stereocenters. The molecule has 1 aromatic carbocycles. The fraction of sp³-hybridized carbons (Fsp3) is 0.556. The molecule has 1 aliphatic rings. The van der Waals surface area contributed by atoms with E-state index in [9.17, 15) is 0 Å². The number of hydrogen-bond donors (Lipinski definition) is 1. The van der Waals surface area contributed by atoms with E-state index in [1.165, 1.54) is 30.5 Å². The molecular weight excluding hydrogens is 244 g/mol. The lowest BCUT2D eigenvalue weighted by Gasteiger charge is -2.24. The second-order valence-corrected chi connectivity index (χ2v) is 5.68. The quantitative estimate of drug-likeness (QED) is 0.675. The summed E-state index contributed by atoms with van der Waals surface area (Å²) in [6.45, 7) is 10.4. The van der Waals surface area contributed by atoms with Crippen molar-refractivity contribution in [1.82, 2.24) is 5.32 Å². The maximum absolute atomic E-state index is 3.88. The van der Waals surface area contributed by atoms with Crippen molar-refractivity contribution in [3.63, 3.8) is 0 Å². The Hall–Kier alpha value is -1.28. The van der Waals surface area contributed by atoms with Crippen LogP contribution in [-0.2, 0) is 0 Å². The Kier molecular flexibility index (Phi) is 5.66. The van der Waals surface area contributed by atoms with Gasteiger partial charge in [0.15, 0.2) is 0 Å². The number of benzene rings is 1. The average Bonchev–Trinajstić information content (AvgIpc) is 3.31. The number of anilines is 1. The molecule has 2 nitrogen and oxygen atoms in total. The van der Waals surface area contributed by atoms with Crippen molar-refractivity contribution < 1.29 is 0 Å². The van der Waals surface area contributed by atoms with Gasteiger partial charge in [0.1, 0.15) is 0 Å². The third kappa shape index (κ3) is 3.86. The summed E-state index contributed by atoms with van der Waals surface area (Å²) < 4.78 is 0. The van der Waals surface area contributed by atoms with Crippen LogP contribution in [0.1, 0.15) is 51.1 Å². The van der Waals surface area contributed by atoms with Crippen molar-refractivity contribution in [2.45, 2.75) is 51.6 Å². The molecule has 0 aliphatic heterocycles. The number of hydrogen-bond acceptors (Lipinski definition) is 2. The molecule has 20 heavy (non-hydrogen) atoms. The van der Waals surface area contributed by atoms with Gasteiger partial charge in [0.05, 0.1) is 0 Å². The minimum absolute atomic E-state index is 0.484. The fourth-order valence-corrected chi connectivity index (χ4v) is 2.71. The molecule has 0 amide bonds. The van der Waals surface area contributed by atoms with Crippen LogP contribution in [0.3, 0.4) is 0 Å². The molecule has 0 radical (unpaired) electrons. The van der Waals surface area contributed by atoms with Crippen LogP contribution in [0.5, 0.6) is 0 Å². The summed E-state index contributed by atoms with van der Waals surface area (Å²) in [6.07, 6.45) is 6.97. The van der Waals surface area contributed by atoms with Crippen LogP contribution in [0.4, 0.5) is 5.69 Å². The predicted octanol–water partition coefficient (Wildman–Crippen LogP) is 4.29. The summed E-state index contributed by atoms with van der Waals surface area (Å²) in [7, 11) is 0. The lowest BCUT2D eigenvalue weighted by molar-refractivity contribution is 0.518. The third-order valence-electron chi connectivity index (χ3n) is 3.99. The van der Waals surface area contributed by atoms with Crippen molar-refractivity contribution in [1.29, 1.82) is 0 Å². The van der Waals surface area contributed by atoms with Crippen LogP contribution in [0, 0.1) is 0 Å². The first-order chi connectivity index (χ1) is 9.80. The summed E-state index contributed by atoms with van der Waals surface area (Å²) in [4.78, 5) is 2.47. The topological polar surface area (TPSA) is 15.3 Å². The number of nitrogens with zero attached hydrogens (tertiary/aromatic N) is 1. The van der Waals surface area contributed by atoms with E-state index in [4.69, 9.17) is 0 Å². The van der Waals surface area contributed by atoms with Crippen molar-refractivity contribution in [2.24, 2.45) is 0 Å². The average molecular weight is 272 g/mol. The Morgan fingerprint density at radius 3 is 2.50 bits per heavy atom. The van der Waals surface area contributed by atoms with Gasteiger partial charge in [-0.15, -0.1) is 6.58 Å². The molecule has 0 spiro atoms. The molecule has 0 bridgehead atoms. The van der Waals surface area contributed by atoms with Crippen molar-refractivity contribution in [2.75, 3.05) is 18.0 Å². The van der Waals surface area contributed by atoms with Crippen molar-refractivity contribution >= 4 is 5.69 Å². The molecule has 1 fully saturated rings. The molecule has 1 unspecified atom stereocenters. The largest absolute Gasteiger partial charge is 0.365 e. The Morgan fingerprint density at radius 2 is 2.00 bits per heavy atom. The third-order valence-corrected chi connectivity index (χ3v) is 3.99. The van der Waals surface area contributed by atoms with Gasteiger partial charge in [-0.25, -0.2) is 0 Å². The SMILES string of the molecule is C=CCN(c1ccc(C(CC)NCCC)cc1)C1CC1. The zero-order chi connectivity index (χ0) is 14.4. The first-order valence-corrected chi connectivity index (χ1v) is 8.01.